The third kappa shape index (κ3) is 4.02. The smallest absolute Gasteiger partial charge is 0.291 e. The number of aromatic nitrogens is 5. The van der Waals surface area contributed by atoms with Gasteiger partial charge in [0.25, 0.3) is 5.91 Å². The molecule has 2 atom stereocenters. The lowest BCUT2D eigenvalue weighted by molar-refractivity contribution is 0.00387. The molecule has 27 heavy (non-hydrogen) atoms. The van der Waals surface area contributed by atoms with Crippen LogP contribution in [0.1, 0.15) is 42.0 Å². The molecule has 144 valence electrons. The van der Waals surface area contributed by atoms with Gasteiger partial charge >= 0.3 is 0 Å². The van der Waals surface area contributed by atoms with Gasteiger partial charge in [0.15, 0.2) is 0 Å². The highest BCUT2D eigenvalue weighted by atomic mass is 16.5. The van der Waals surface area contributed by atoms with Crippen LogP contribution in [-0.2, 0) is 17.8 Å². The van der Waals surface area contributed by atoms with Crippen LogP contribution >= 0.6 is 0 Å². The minimum absolute atomic E-state index is 0.146. The van der Waals surface area contributed by atoms with E-state index in [9.17, 15) is 4.79 Å². The molecule has 2 aliphatic rings. The number of ether oxygens (including phenoxy) is 1. The molecule has 0 bridgehead atoms. The summed E-state index contributed by atoms with van der Waals surface area (Å²) in [5.41, 5.74) is 1.68. The standard InChI is InChI=1S/C18H25N7O2/c1-12-9-16-20-13(2)15(6-7-25(16)22-12)21-18(26)17-19-11-24(23-17)10-14-5-3-4-8-27-14/h9,11,14-15,20H,2-8,10H2,1H3,(H,21,26)/t14?,15-/m0/s1. The van der Waals surface area contributed by atoms with Crippen LogP contribution in [0.25, 0.3) is 0 Å². The lowest BCUT2D eigenvalue weighted by Gasteiger charge is -2.22. The fraction of sp³-hybridized carbons (Fsp3) is 0.556. The second-order valence-corrected chi connectivity index (χ2v) is 7.14. The largest absolute Gasteiger partial charge is 0.376 e. The highest BCUT2D eigenvalue weighted by Crippen LogP contribution is 2.20. The van der Waals surface area contributed by atoms with Crippen molar-refractivity contribution in [2.75, 3.05) is 11.9 Å². The van der Waals surface area contributed by atoms with Gasteiger partial charge in [-0.15, -0.1) is 5.10 Å². The Labute approximate surface area is 157 Å². The van der Waals surface area contributed by atoms with Crippen LogP contribution in [0.15, 0.2) is 24.7 Å². The maximum Gasteiger partial charge on any atom is 0.291 e. The molecular formula is C18H25N7O2. The monoisotopic (exact) mass is 371 g/mol. The van der Waals surface area contributed by atoms with Crippen LogP contribution in [0.3, 0.4) is 0 Å². The molecule has 9 nitrogen and oxygen atoms in total. The minimum atomic E-state index is -0.304. The van der Waals surface area contributed by atoms with E-state index >= 15 is 0 Å². The Balaban J connectivity index is 1.36. The van der Waals surface area contributed by atoms with Crippen LogP contribution in [0.4, 0.5) is 5.82 Å². The molecule has 2 aromatic rings. The number of rotatable bonds is 4. The number of nitrogens with one attached hydrogen (secondary N) is 2. The van der Waals surface area contributed by atoms with Crippen LogP contribution in [0.5, 0.6) is 0 Å². The van der Waals surface area contributed by atoms with Gasteiger partial charge in [0.1, 0.15) is 12.1 Å². The zero-order valence-electron chi connectivity index (χ0n) is 15.5. The molecule has 9 heteroatoms. The molecule has 1 unspecified atom stereocenters. The van der Waals surface area contributed by atoms with Crippen molar-refractivity contribution in [2.24, 2.45) is 0 Å². The number of anilines is 1. The fourth-order valence-corrected chi connectivity index (χ4v) is 3.52. The summed E-state index contributed by atoms with van der Waals surface area (Å²) in [6.07, 6.45) is 5.73. The number of hydrogen-bond donors (Lipinski definition) is 2. The number of carbonyl (C=O) groups is 1. The molecule has 2 N–H and O–H groups in total. The summed E-state index contributed by atoms with van der Waals surface area (Å²) in [5, 5.41) is 14.9. The quantitative estimate of drug-likeness (QED) is 0.845. The van der Waals surface area contributed by atoms with E-state index in [1.807, 2.05) is 17.7 Å². The van der Waals surface area contributed by atoms with Gasteiger partial charge in [-0.3, -0.25) is 4.79 Å². The van der Waals surface area contributed by atoms with E-state index in [0.717, 1.165) is 36.7 Å². The van der Waals surface area contributed by atoms with Crippen LogP contribution in [0, 0.1) is 6.92 Å². The normalized spacial score (nSPS) is 22.6. The van der Waals surface area contributed by atoms with Crippen molar-refractivity contribution >= 4 is 11.7 Å². The maximum atomic E-state index is 12.6. The van der Waals surface area contributed by atoms with E-state index in [-0.39, 0.29) is 23.9 Å². The van der Waals surface area contributed by atoms with Gasteiger partial charge in [-0.25, -0.2) is 14.3 Å². The summed E-state index contributed by atoms with van der Waals surface area (Å²) < 4.78 is 9.29. The van der Waals surface area contributed by atoms with Gasteiger partial charge < -0.3 is 15.4 Å². The maximum absolute atomic E-state index is 12.6. The van der Waals surface area contributed by atoms with E-state index < -0.39 is 0 Å². The van der Waals surface area contributed by atoms with Crippen molar-refractivity contribution in [3.8, 4) is 0 Å². The number of aryl methyl sites for hydroxylation is 2. The van der Waals surface area contributed by atoms with Crippen molar-refractivity contribution in [1.29, 1.82) is 0 Å². The topological polar surface area (TPSA) is 98.9 Å². The van der Waals surface area contributed by atoms with Gasteiger partial charge in [-0.1, -0.05) is 6.58 Å². The molecule has 2 aliphatic heterocycles. The predicted octanol–water partition coefficient (Wildman–Crippen LogP) is 1.48. The molecule has 2 aromatic heterocycles. The molecule has 1 saturated heterocycles. The average Bonchev–Trinajstić information content (AvgIpc) is 3.22. The van der Waals surface area contributed by atoms with Gasteiger partial charge in [0.2, 0.25) is 5.82 Å². The molecule has 4 heterocycles. The summed E-state index contributed by atoms with van der Waals surface area (Å²) in [6, 6.07) is 1.75. The molecular weight excluding hydrogens is 346 g/mol. The fourth-order valence-electron chi connectivity index (χ4n) is 3.52. The number of fused-ring (bicyclic) bond motifs is 1. The third-order valence-electron chi connectivity index (χ3n) is 4.95. The summed E-state index contributed by atoms with van der Waals surface area (Å²) in [4.78, 5) is 16.7. The average molecular weight is 371 g/mol. The molecule has 0 aliphatic carbocycles. The Morgan fingerprint density at radius 3 is 3.11 bits per heavy atom. The van der Waals surface area contributed by atoms with Crippen molar-refractivity contribution in [3.63, 3.8) is 0 Å². The van der Waals surface area contributed by atoms with Crippen molar-refractivity contribution < 1.29 is 9.53 Å². The summed E-state index contributed by atoms with van der Waals surface area (Å²) in [7, 11) is 0. The lowest BCUT2D eigenvalue weighted by atomic mass is 10.1. The zero-order chi connectivity index (χ0) is 18.8. The first-order chi connectivity index (χ1) is 13.1. The SMILES string of the molecule is C=C1Nc2cc(C)nn2CC[C@@H]1NC(=O)c1ncn(CC2CCCCO2)n1. The first kappa shape index (κ1) is 17.7. The second kappa shape index (κ2) is 7.51. The number of carbonyl (C=O) groups excluding carboxylic acids is 1. The first-order valence-electron chi connectivity index (χ1n) is 9.40. The molecule has 1 fully saturated rings. The third-order valence-corrected chi connectivity index (χ3v) is 4.95. The van der Waals surface area contributed by atoms with E-state index in [1.165, 1.54) is 6.42 Å². The Bertz CT molecular complexity index is 835. The second-order valence-electron chi connectivity index (χ2n) is 7.14. The van der Waals surface area contributed by atoms with Crippen molar-refractivity contribution in [2.45, 2.75) is 57.8 Å². The summed E-state index contributed by atoms with van der Waals surface area (Å²) in [6.45, 7) is 8.12. The van der Waals surface area contributed by atoms with E-state index in [4.69, 9.17) is 4.74 Å². The van der Waals surface area contributed by atoms with Gasteiger partial charge in [0, 0.05) is 24.9 Å². The van der Waals surface area contributed by atoms with Gasteiger partial charge in [0.05, 0.1) is 24.4 Å². The molecule has 4 rings (SSSR count). The Kier molecular flexibility index (Phi) is 4.93. The van der Waals surface area contributed by atoms with E-state index in [2.05, 4.69) is 32.4 Å². The van der Waals surface area contributed by atoms with E-state index in [0.29, 0.717) is 19.5 Å². The Hall–Kier alpha value is -2.68. The van der Waals surface area contributed by atoms with Crippen molar-refractivity contribution in [3.05, 3.63) is 36.2 Å². The van der Waals surface area contributed by atoms with Crippen LogP contribution in [-0.4, -0.2) is 49.2 Å². The first-order valence-corrected chi connectivity index (χ1v) is 9.40. The summed E-state index contributed by atoms with van der Waals surface area (Å²) >= 11 is 0. The zero-order valence-corrected chi connectivity index (χ0v) is 15.5. The number of hydrogen-bond acceptors (Lipinski definition) is 6. The molecule has 1 amide bonds. The predicted molar refractivity (Wildman–Crippen MR) is 99.2 cm³/mol. The Morgan fingerprint density at radius 1 is 1.41 bits per heavy atom. The number of amides is 1. The molecule has 0 radical (unpaired) electrons. The molecule has 0 aromatic carbocycles. The van der Waals surface area contributed by atoms with Gasteiger partial charge in [-0.2, -0.15) is 5.10 Å². The Morgan fingerprint density at radius 2 is 2.30 bits per heavy atom. The lowest BCUT2D eigenvalue weighted by Crippen LogP contribution is -2.38. The summed E-state index contributed by atoms with van der Waals surface area (Å²) in [5.74, 6) is 0.752. The molecule has 0 spiro atoms. The van der Waals surface area contributed by atoms with Gasteiger partial charge in [-0.05, 0) is 32.6 Å². The van der Waals surface area contributed by atoms with Crippen LogP contribution < -0.4 is 10.6 Å². The molecule has 0 saturated carbocycles. The minimum Gasteiger partial charge on any atom is -0.376 e. The van der Waals surface area contributed by atoms with Crippen LogP contribution in [0.2, 0.25) is 0 Å². The van der Waals surface area contributed by atoms with Crippen molar-refractivity contribution in [1.82, 2.24) is 29.9 Å². The van der Waals surface area contributed by atoms with E-state index in [1.54, 1.807) is 11.0 Å². The highest BCUT2D eigenvalue weighted by Gasteiger charge is 2.24. The number of nitrogens with zero attached hydrogens (tertiary/aromatic N) is 5. The highest BCUT2D eigenvalue weighted by molar-refractivity contribution is 5.90.